The minimum atomic E-state index is 0.509. The number of hydrogen-bond donors (Lipinski definition) is 0. The lowest BCUT2D eigenvalue weighted by atomic mass is 10.2. The van der Waals surface area contributed by atoms with Crippen LogP contribution in [0.25, 0.3) is 5.69 Å². The highest BCUT2D eigenvalue weighted by Gasteiger charge is 2.13. The van der Waals surface area contributed by atoms with Crippen LogP contribution in [0.1, 0.15) is 23.1 Å². The zero-order chi connectivity index (χ0) is 11.5. The second-order valence-corrected chi connectivity index (χ2v) is 4.11. The van der Waals surface area contributed by atoms with Gasteiger partial charge in [-0.25, -0.2) is 4.68 Å². The van der Waals surface area contributed by atoms with E-state index < -0.39 is 0 Å². The van der Waals surface area contributed by atoms with Crippen LogP contribution in [0.15, 0.2) is 28.7 Å². The van der Waals surface area contributed by atoms with Gasteiger partial charge in [0.1, 0.15) is 5.69 Å². The molecule has 1 aromatic heterocycles. The standard InChI is InChI=1S/C11H10BrN3O/c1-2-9-11(7-16)15(14-13-9)10-6-4-3-5-8(10)12/h3-7H,2H2,1H3. The fraction of sp³-hybridized carbons (Fsp3) is 0.182. The summed E-state index contributed by atoms with van der Waals surface area (Å²) in [6.07, 6.45) is 1.48. The molecule has 4 nitrogen and oxygen atoms in total. The van der Waals surface area contributed by atoms with E-state index in [1.54, 1.807) is 4.68 Å². The third-order valence-electron chi connectivity index (χ3n) is 2.31. The second-order valence-electron chi connectivity index (χ2n) is 3.26. The van der Waals surface area contributed by atoms with Gasteiger partial charge in [0.2, 0.25) is 0 Å². The molecule has 5 heteroatoms. The number of nitrogens with zero attached hydrogens (tertiary/aromatic N) is 3. The maximum Gasteiger partial charge on any atom is 0.170 e. The topological polar surface area (TPSA) is 47.8 Å². The van der Waals surface area contributed by atoms with E-state index in [0.29, 0.717) is 17.8 Å². The van der Waals surface area contributed by atoms with E-state index in [1.807, 2.05) is 31.2 Å². The van der Waals surface area contributed by atoms with Gasteiger partial charge in [-0.15, -0.1) is 5.10 Å². The Hall–Kier alpha value is -1.49. The molecule has 0 amide bonds. The van der Waals surface area contributed by atoms with Crippen LogP contribution in [0.3, 0.4) is 0 Å². The van der Waals surface area contributed by atoms with Crippen LogP contribution in [0.4, 0.5) is 0 Å². The van der Waals surface area contributed by atoms with Gasteiger partial charge in [-0.1, -0.05) is 24.3 Å². The lowest BCUT2D eigenvalue weighted by Gasteiger charge is -2.04. The number of rotatable bonds is 3. The number of halogens is 1. The predicted molar refractivity (Wildman–Crippen MR) is 63.8 cm³/mol. The molecule has 0 atom stereocenters. The highest BCUT2D eigenvalue weighted by Crippen LogP contribution is 2.21. The van der Waals surface area contributed by atoms with Crippen molar-refractivity contribution >= 4 is 22.2 Å². The van der Waals surface area contributed by atoms with Gasteiger partial charge in [0.05, 0.1) is 11.4 Å². The van der Waals surface area contributed by atoms with Crippen molar-refractivity contribution in [3.8, 4) is 5.69 Å². The average molecular weight is 280 g/mol. The van der Waals surface area contributed by atoms with Crippen molar-refractivity contribution in [2.24, 2.45) is 0 Å². The molecule has 0 spiro atoms. The van der Waals surface area contributed by atoms with Crippen molar-refractivity contribution in [1.29, 1.82) is 0 Å². The molecule has 1 heterocycles. The van der Waals surface area contributed by atoms with Gasteiger partial charge < -0.3 is 0 Å². The average Bonchev–Trinajstić information content (AvgIpc) is 2.72. The number of carbonyl (C=O) groups is 1. The number of benzene rings is 1. The van der Waals surface area contributed by atoms with Crippen LogP contribution in [0.5, 0.6) is 0 Å². The molecular weight excluding hydrogens is 270 g/mol. The number of aldehydes is 1. The number of carbonyl (C=O) groups excluding carboxylic acids is 1. The van der Waals surface area contributed by atoms with Crippen molar-refractivity contribution < 1.29 is 4.79 Å². The van der Waals surface area contributed by atoms with Crippen LogP contribution in [0.2, 0.25) is 0 Å². The maximum absolute atomic E-state index is 11.0. The number of hydrogen-bond acceptors (Lipinski definition) is 3. The Morgan fingerprint density at radius 1 is 1.44 bits per heavy atom. The zero-order valence-electron chi connectivity index (χ0n) is 8.72. The largest absolute Gasteiger partial charge is 0.296 e. The van der Waals surface area contributed by atoms with Crippen molar-refractivity contribution in [2.45, 2.75) is 13.3 Å². The Morgan fingerprint density at radius 3 is 2.81 bits per heavy atom. The fourth-order valence-electron chi connectivity index (χ4n) is 1.49. The summed E-state index contributed by atoms with van der Waals surface area (Å²) in [5.74, 6) is 0. The smallest absolute Gasteiger partial charge is 0.170 e. The molecule has 0 bridgehead atoms. The molecule has 0 saturated carbocycles. The summed E-state index contributed by atoms with van der Waals surface area (Å²) in [5, 5.41) is 7.98. The van der Waals surface area contributed by atoms with Crippen LogP contribution in [-0.4, -0.2) is 21.3 Å². The number of aromatic nitrogens is 3. The first-order valence-corrected chi connectivity index (χ1v) is 5.72. The van der Waals surface area contributed by atoms with E-state index in [4.69, 9.17) is 0 Å². The Morgan fingerprint density at radius 2 is 2.19 bits per heavy atom. The van der Waals surface area contributed by atoms with Crippen molar-refractivity contribution in [3.05, 3.63) is 40.1 Å². The summed E-state index contributed by atoms with van der Waals surface area (Å²) in [4.78, 5) is 11.0. The predicted octanol–water partition coefficient (Wildman–Crippen LogP) is 2.40. The zero-order valence-corrected chi connectivity index (χ0v) is 10.3. The first kappa shape index (κ1) is 11.0. The van der Waals surface area contributed by atoms with E-state index in [0.717, 1.165) is 16.4 Å². The maximum atomic E-state index is 11.0. The number of para-hydroxylation sites is 1. The summed E-state index contributed by atoms with van der Waals surface area (Å²) in [5.41, 5.74) is 2.04. The molecule has 2 rings (SSSR count). The van der Waals surface area contributed by atoms with Gasteiger partial charge in [0.15, 0.2) is 6.29 Å². The van der Waals surface area contributed by atoms with Gasteiger partial charge in [-0.05, 0) is 34.5 Å². The third kappa shape index (κ3) is 1.78. The summed E-state index contributed by atoms with van der Waals surface area (Å²) in [6, 6.07) is 7.58. The van der Waals surface area contributed by atoms with Crippen molar-refractivity contribution in [3.63, 3.8) is 0 Å². The molecule has 0 N–H and O–H groups in total. The third-order valence-corrected chi connectivity index (χ3v) is 2.98. The van der Waals surface area contributed by atoms with Gasteiger partial charge in [0, 0.05) is 4.47 Å². The molecule has 0 fully saturated rings. The van der Waals surface area contributed by atoms with Gasteiger partial charge >= 0.3 is 0 Å². The van der Waals surface area contributed by atoms with Gasteiger partial charge in [-0.2, -0.15) is 0 Å². The Kier molecular flexibility index (Phi) is 3.14. The van der Waals surface area contributed by atoms with Crippen LogP contribution < -0.4 is 0 Å². The minimum Gasteiger partial charge on any atom is -0.296 e. The highest BCUT2D eigenvalue weighted by molar-refractivity contribution is 9.10. The van der Waals surface area contributed by atoms with E-state index in [1.165, 1.54) is 0 Å². The number of aryl methyl sites for hydroxylation is 1. The molecule has 0 aliphatic rings. The minimum absolute atomic E-state index is 0.509. The van der Waals surface area contributed by atoms with Crippen LogP contribution >= 0.6 is 15.9 Å². The van der Waals surface area contributed by atoms with E-state index in [-0.39, 0.29) is 0 Å². The SMILES string of the molecule is CCc1nnn(-c2ccccc2Br)c1C=O. The molecular formula is C11H10BrN3O. The van der Waals surface area contributed by atoms with Crippen molar-refractivity contribution in [1.82, 2.24) is 15.0 Å². The highest BCUT2D eigenvalue weighted by atomic mass is 79.9. The quantitative estimate of drug-likeness (QED) is 0.811. The second kappa shape index (κ2) is 4.57. The molecule has 0 aliphatic heterocycles. The molecule has 16 heavy (non-hydrogen) atoms. The molecule has 0 saturated heterocycles. The summed E-state index contributed by atoms with van der Waals surface area (Å²) < 4.78 is 2.43. The summed E-state index contributed by atoms with van der Waals surface area (Å²) >= 11 is 3.42. The molecule has 82 valence electrons. The Labute approximate surface area is 101 Å². The Bertz CT molecular complexity index is 522. The Balaban J connectivity index is 2.61. The monoisotopic (exact) mass is 279 g/mol. The van der Waals surface area contributed by atoms with E-state index in [9.17, 15) is 4.79 Å². The molecule has 2 aromatic rings. The molecule has 0 aliphatic carbocycles. The first-order valence-electron chi connectivity index (χ1n) is 4.92. The summed E-state index contributed by atoms with van der Waals surface area (Å²) in [7, 11) is 0. The van der Waals surface area contributed by atoms with Crippen LogP contribution in [-0.2, 0) is 6.42 Å². The van der Waals surface area contributed by atoms with E-state index >= 15 is 0 Å². The fourth-order valence-corrected chi connectivity index (χ4v) is 1.94. The lowest BCUT2D eigenvalue weighted by molar-refractivity contribution is 0.111. The van der Waals surface area contributed by atoms with Crippen LogP contribution in [0, 0.1) is 0 Å². The normalized spacial score (nSPS) is 10.4. The summed E-state index contributed by atoms with van der Waals surface area (Å²) in [6.45, 7) is 1.95. The molecule has 0 radical (unpaired) electrons. The lowest BCUT2D eigenvalue weighted by Crippen LogP contribution is -2.03. The van der Waals surface area contributed by atoms with Gasteiger partial charge in [-0.3, -0.25) is 4.79 Å². The van der Waals surface area contributed by atoms with Gasteiger partial charge in [0.25, 0.3) is 0 Å². The molecule has 0 unspecified atom stereocenters. The first-order chi connectivity index (χ1) is 7.77. The van der Waals surface area contributed by atoms with Crippen molar-refractivity contribution in [2.75, 3.05) is 0 Å². The molecule has 1 aromatic carbocycles. The van der Waals surface area contributed by atoms with E-state index in [2.05, 4.69) is 26.2 Å².